The minimum Gasteiger partial charge on any atom is -0.316 e. The van der Waals surface area contributed by atoms with Gasteiger partial charge in [0.25, 0.3) is 0 Å². The summed E-state index contributed by atoms with van der Waals surface area (Å²) >= 11 is 1.98. The van der Waals surface area contributed by atoms with E-state index >= 15 is 0 Å². The molecule has 0 aliphatic heterocycles. The van der Waals surface area contributed by atoms with Crippen LogP contribution in [0.4, 0.5) is 0 Å². The van der Waals surface area contributed by atoms with Gasteiger partial charge >= 0.3 is 0 Å². The molecule has 110 valence electrons. The molecule has 2 atom stereocenters. The van der Waals surface area contributed by atoms with Crippen molar-refractivity contribution in [3.8, 4) is 0 Å². The van der Waals surface area contributed by atoms with E-state index < -0.39 is 0 Å². The van der Waals surface area contributed by atoms with Crippen LogP contribution in [-0.4, -0.2) is 18.1 Å². The van der Waals surface area contributed by atoms with Crippen molar-refractivity contribution >= 4 is 11.3 Å². The van der Waals surface area contributed by atoms with Crippen LogP contribution < -0.4 is 5.32 Å². The molecule has 2 aromatic rings. The van der Waals surface area contributed by atoms with Gasteiger partial charge in [-0.2, -0.15) is 0 Å². The molecule has 2 aliphatic carbocycles. The summed E-state index contributed by atoms with van der Waals surface area (Å²) in [6.07, 6.45) is 5.04. The van der Waals surface area contributed by atoms with E-state index in [1.165, 1.54) is 47.5 Å². The van der Waals surface area contributed by atoms with Crippen LogP contribution in [0.1, 0.15) is 58.3 Å². The van der Waals surface area contributed by atoms with E-state index in [-0.39, 0.29) is 0 Å². The second-order valence-electron chi connectivity index (χ2n) is 6.21. The maximum Gasteiger partial charge on any atom is 0.101 e. The third-order valence-electron chi connectivity index (χ3n) is 4.88. The van der Waals surface area contributed by atoms with Crippen molar-refractivity contribution in [1.29, 1.82) is 0 Å². The van der Waals surface area contributed by atoms with Crippen molar-refractivity contribution < 1.29 is 0 Å². The molecule has 0 amide bonds. The molecule has 4 rings (SSSR count). The van der Waals surface area contributed by atoms with Crippen molar-refractivity contribution in [3.63, 3.8) is 0 Å². The molecule has 0 bridgehead atoms. The van der Waals surface area contributed by atoms with Crippen molar-refractivity contribution in [2.24, 2.45) is 0 Å². The zero-order valence-corrected chi connectivity index (χ0v) is 13.4. The maximum atomic E-state index is 5.08. The highest BCUT2D eigenvalue weighted by atomic mass is 32.1. The largest absolute Gasteiger partial charge is 0.316 e. The van der Waals surface area contributed by atoms with Crippen LogP contribution in [0, 0.1) is 0 Å². The molecule has 3 heteroatoms. The molecule has 1 aromatic heterocycles. The molecule has 0 saturated carbocycles. The van der Waals surface area contributed by atoms with Gasteiger partial charge in [-0.3, -0.25) is 0 Å². The molecule has 0 saturated heterocycles. The smallest absolute Gasteiger partial charge is 0.101 e. The van der Waals surface area contributed by atoms with Gasteiger partial charge in [0.15, 0.2) is 0 Å². The van der Waals surface area contributed by atoms with Crippen LogP contribution in [0.15, 0.2) is 24.3 Å². The average Bonchev–Trinajstić information content (AvgIpc) is 2.90. The molecule has 2 nitrogen and oxygen atoms in total. The molecule has 2 aliphatic rings. The number of benzene rings is 1. The monoisotopic (exact) mass is 298 g/mol. The Kier molecular flexibility index (Phi) is 3.56. The van der Waals surface area contributed by atoms with Crippen LogP contribution in [0.2, 0.25) is 0 Å². The number of nitrogens with one attached hydrogen (secondary N) is 1. The molecular formula is C18H22N2S. The molecule has 0 spiro atoms. The Bertz CT molecular complexity index is 646. The predicted octanol–water partition coefficient (Wildman–Crippen LogP) is 3.86. The Balaban J connectivity index is 1.61. The number of aryl methyl sites for hydroxylation is 1. The fourth-order valence-electron chi connectivity index (χ4n) is 3.67. The first-order chi connectivity index (χ1) is 10.4. The highest BCUT2D eigenvalue weighted by Crippen LogP contribution is 2.44. The van der Waals surface area contributed by atoms with E-state index in [9.17, 15) is 0 Å². The molecular weight excluding hydrogens is 276 g/mol. The van der Waals surface area contributed by atoms with Crippen molar-refractivity contribution in [2.75, 3.05) is 13.1 Å². The molecule has 1 aromatic carbocycles. The number of hydrogen-bond acceptors (Lipinski definition) is 3. The Morgan fingerprint density at radius 2 is 2.24 bits per heavy atom. The van der Waals surface area contributed by atoms with Gasteiger partial charge in [0.1, 0.15) is 5.01 Å². The zero-order chi connectivity index (χ0) is 14.2. The Morgan fingerprint density at radius 3 is 3.10 bits per heavy atom. The van der Waals surface area contributed by atoms with Crippen LogP contribution in [0.25, 0.3) is 0 Å². The highest BCUT2D eigenvalue weighted by Gasteiger charge is 2.32. The minimum atomic E-state index is 0.566. The first kappa shape index (κ1) is 13.5. The predicted molar refractivity (Wildman–Crippen MR) is 88.3 cm³/mol. The number of thiazole rings is 1. The summed E-state index contributed by atoms with van der Waals surface area (Å²) in [5, 5.41) is 4.87. The lowest BCUT2D eigenvalue weighted by Gasteiger charge is -2.28. The topological polar surface area (TPSA) is 24.9 Å². The van der Waals surface area contributed by atoms with E-state index in [2.05, 4.69) is 36.5 Å². The maximum absolute atomic E-state index is 5.08. The first-order valence-corrected chi connectivity index (χ1v) is 8.96. The average molecular weight is 298 g/mol. The van der Waals surface area contributed by atoms with Gasteiger partial charge in [-0.25, -0.2) is 4.98 Å². The second kappa shape index (κ2) is 5.54. The van der Waals surface area contributed by atoms with Gasteiger partial charge < -0.3 is 5.32 Å². The van der Waals surface area contributed by atoms with Gasteiger partial charge in [-0.05, 0) is 43.4 Å². The summed E-state index contributed by atoms with van der Waals surface area (Å²) in [5.41, 5.74) is 4.43. The van der Waals surface area contributed by atoms with Crippen LogP contribution in [-0.2, 0) is 12.8 Å². The number of nitrogens with zero attached hydrogens (tertiary/aromatic N) is 1. The molecule has 1 N–H and O–H groups in total. The number of rotatable bonds is 4. The molecule has 0 radical (unpaired) electrons. The Hall–Kier alpha value is -1.19. The normalized spacial score (nSPS) is 23.3. The van der Waals surface area contributed by atoms with Crippen LogP contribution in [0.5, 0.6) is 0 Å². The van der Waals surface area contributed by atoms with E-state index in [1.807, 2.05) is 11.3 Å². The van der Waals surface area contributed by atoms with Gasteiger partial charge in [-0.15, -0.1) is 11.3 Å². The van der Waals surface area contributed by atoms with Crippen LogP contribution >= 0.6 is 11.3 Å². The third-order valence-corrected chi connectivity index (χ3v) is 6.13. The van der Waals surface area contributed by atoms with Gasteiger partial charge in [0.2, 0.25) is 0 Å². The molecule has 1 heterocycles. The summed E-state index contributed by atoms with van der Waals surface area (Å²) in [6, 6.07) is 8.84. The summed E-state index contributed by atoms with van der Waals surface area (Å²) in [5.74, 6) is 1.20. The van der Waals surface area contributed by atoms with Crippen molar-refractivity contribution in [2.45, 2.75) is 44.4 Å². The molecule has 21 heavy (non-hydrogen) atoms. The SMILES string of the molecule is CCNCC1CCCc2sc(C3Cc4ccccc43)nc21. The standard InChI is InChI=1S/C18H22N2S/c1-2-19-11-13-7-5-9-16-17(13)20-18(21-16)15-10-12-6-3-4-8-14(12)15/h3-4,6,8,13,15,19H,2,5,7,9-11H2,1H3. The van der Waals surface area contributed by atoms with Crippen LogP contribution in [0.3, 0.4) is 0 Å². The van der Waals surface area contributed by atoms with E-state index in [1.54, 1.807) is 4.88 Å². The second-order valence-corrected chi connectivity index (χ2v) is 7.33. The summed E-state index contributed by atoms with van der Waals surface area (Å²) in [4.78, 5) is 6.64. The van der Waals surface area contributed by atoms with Crippen molar-refractivity contribution in [3.05, 3.63) is 51.0 Å². The number of hydrogen-bond donors (Lipinski definition) is 1. The van der Waals surface area contributed by atoms with Gasteiger partial charge in [0, 0.05) is 23.3 Å². The quantitative estimate of drug-likeness (QED) is 0.927. The fraction of sp³-hybridized carbons (Fsp3) is 0.500. The lowest BCUT2D eigenvalue weighted by molar-refractivity contribution is 0.507. The summed E-state index contributed by atoms with van der Waals surface area (Å²) in [7, 11) is 0. The summed E-state index contributed by atoms with van der Waals surface area (Å²) < 4.78 is 0. The molecule has 0 fully saturated rings. The van der Waals surface area contributed by atoms with E-state index in [4.69, 9.17) is 4.98 Å². The zero-order valence-electron chi connectivity index (χ0n) is 12.6. The number of aromatic nitrogens is 1. The van der Waals surface area contributed by atoms with Gasteiger partial charge in [0.05, 0.1) is 5.69 Å². The Morgan fingerprint density at radius 1 is 1.33 bits per heavy atom. The fourth-order valence-corrected chi connectivity index (χ4v) is 4.98. The van der Waals surface area contributed by atoms with E-state index in [0.717, 1.165) is 13.1 Å². The first-order valence-electron chi connectivity index (χ1n) is 8.14. The lowest BCUT2D eigenvalue weighted by Crippen LogP contribution is -2.24. The lowest BCUT2D eigenvalue weighted by atomic mass is 9.78. The Labute approximate surface area is 130 Å². The third kappa shape index (κ3) is 2.33. The van der Waals surface area contributed by atoms with Gasteiger partial charge in [-0.1, -0.05) is 31.2 Å². The highest BCUT2D eigenvalue weighted by molar-refractivity contribution is 7.11. The van der Waals surface area contributed by atoms with Crippen molar-refractivity contribution in [1.82, 2.24) is 10.3 Å². The number of likely N-dealkylation sites (N-methyl/N-ethyl adjacent to an activating group) is 1. The number of fused-ring (bicyclic) bond motifs is 2. The minimum absolute atomic E-state index is 0.566. The molecule has 2 unspecified atom stereocenters. The van der Waals surface area contributed by atoms with E-state index in [0.29, 0.717) is 11.8 Å². The summed E-state index contributed by atoms with van der Waals surface area (Å²) in [6.45, 7) is 4.33.